The second-order valence-corrected chi connectivity index (χ2v) is 4.11. The summed E-state index contributed by atoms with van der Waals surface area (Å²) in [6.07, 6.45) is 3.81. The zero-order valence-electron chi connectivity index (χ0n) is 10.4. The van der Waals surface area contributed by atoms with Crippen molar-refractivity contribution in [3.63, 3.8) is 0 Å². The van der Waals surface area contributed by atoms with E-state index in [0.717, 1.165) is 12.8 Å². The van der Waals surface area contributed by atoms with Gasteiger partial charge in [0, 0.05) is 13.1 Å². The Bertz CT molecular complexity index is 306. The van der Waals surface area contributed by atoms with E-state index in [1.54, 1.807) is 6.08 Å². The summed E-state index contributed by atoms with van der Waals surface area (Å²) in [4.78, 5) is 24.0. The van der Waals surface area contributed by atoms with E-state index in [1.165, 1.54) is 4.90 Å². The summed E-state index contributed by atoms with van der Waals surface area (Å²) >= 11 is 0. The van der Waals surface area contributed by atoms with E-state index in [4.69, 9.17) is 9.84 Å². The van der Waals surface area contributed by atoms with E-state index in [2.05, 4.69) is 11.9 Å². The third kappa shape index (κ3) is 4.37. The topological polar surface area (TPSA) is 78.9 Å². The molecule has 1 aliphatic heterocycles. The largest absolute Gasteiger partial charge is 0.480 e. The van der Waals surface area contributed by atoms with Gasteiger partial charge in [0.25, 0.3) is 0 Å². The van der Waals surface area contributed by atoms with E-state index in [-0.39, 0.29) is 6.03 Å². The molecular formula is C12H20N2O4. The molecule has 1 saturated heterocycles. The Labute approximate surface area is 107 Å². The lowest BCUT2D eigenvalue weighted by Crippen LogP contribution is -2.46. The number of carboxylic acids is 1. The molecule has 0 unspecified atom stereocenters. The van der Waals surface area contributed by atoms with Crippen LogP contribution in [0.2, 0.25) is 0 Å². The first-order valence-electron chi connectivity index (χ1n) is 6.12. The molecule has 6 heteroatoms. The van der Waals surface area contributed by atoms with Crippen molar-refractivity contribution in [2.75, 3.05) is 26.3 Å². The van der Waals surface area contributed by atoms with Crippen LogP contribution in [0.4, 0.5) is 4.79 Å². The highest BCUT2D eigenvalue weighted by molar-refractivity contribution is 5.83. The summed E-state index contributed by atoms with van der Waals surface area (Å²) in [6.45, 7) is 5.47. The van der Waals surface area contributed by atoms with Crippen LogP contribution in [0.3, 0.4) is 0 Å². The van der Waals surface area contributed by atoms with Gasteiger partial charge < -0.3 is 20.1 Å². The van der Waals surface area contributed by atoms with Crippen molar-refractivity contribution < 1.29 is 19.4 Å². The zero-order chi connectivity index (χ0) is 13.4. The Morgan fingerprint density at radius 1 is 1.50 bits per heavy atom. The van der Waals surface area contributed by atoms with Crippen molar-refractivity contribution in [2.24, 2.45) is 0 Å². The van der Waals surface area contributed by atoms with E-state index in [9.17, 15) is 9.59 Å². The molecule has 1 aliphatic rings. The molecule has 0 aliphatic carbocycles. The summed E-state index contributed by atoms with van der Waals surface area (Å²) in [7, 11) is 0. The standard InChI is InChI=1S/C12H20N2O4/c1-2-3-8-18-9-6-13-12(17)14-7-4-5-10(14)11(15)16/h2,10H,1,3-9H2,(H,13,17)(H,15,16)/t10-/m0/s1. The summed E-state index contributed by atoms with van der Waals surface area (Å²) in [6, 6.07) is -1.01. The average Bonchev–Trinajstić information content (AvgIpc) is 2.82. The van der Waals surface area contributed by atoms with Crippen LogP contribution in [-0.4, -0.2) is 54.4 Å². The summed E-state index contributed by atoms with van der Waals surface area (Å²) in [5.74, 6) is -0.940. The molecule has 0 radical (unpaired) electrons. The predicted octanol–water partition coefficient (Wildman–Crippen LogP) is 0.838. The highest BCUT2D eigenvalue weighted by Gasteiger charge is 2.33. The molecule has 0 bridgehead atoms. The number of likely N-dealkylation sites (tertiary alicyclic amines) is 1. The molecule has 1 atom stereocenters. The molecular weight excluding hydrogens is 236 g/mol. The van der Waals surface area contributed by atoms with Crippen LogP contribution >= 0.6 is 0 Å². The van der Waals surface area contributed by atoms with E-state index in [0.29, 0.717) is 32.7 Å². The van der Waals surface area contributed by atoms with Crippen LogP contribution in [0.25, 0.3) is 0 Å². The molecule has 102 valence electrons. The molecule has 1 heterocycles. The summed E-state index contributed by atoms with van der Waals surface area (Å²) < 4.78 is 5.24. The maximum absolute atomic E-state index is 11.7. The van der Waals surface area contributed by atoms with E-state index >= 15 is 0 Å². The lowest BCUT2D eigenvalue weighted by atomic mass is 10.2. The van der Waals surface area contributed by atoms with Crippen LogP contribution in [0, 0.1) is 0 Å². The Balaban J connectivity index is 2.20. The second-order valence-electron chi connectivity index (χ2n) is 4.11. The maximum Gasteiger partial charge on any atom is 0.326 e. The van der Waals surface area contributed by atoms with Crippen LogP contribution in [-0.2, 0) is 9.53 Å². The number of hydrogen-bond donors (Lipinski definition) is 2. The zero-order valence-corrected chi connectivity index (χ0v) is 10.4. The third-order valence-electron chi connectivity index (χ3n) is 2.79. The number of carboxylic acid groups (broad SMARTS) is 1. The van der Waals surface area contributed by atoms with Crippen molar-refractivity contribution in [1.82, 2.24) is 10.2 Å². The van der Waals surface area contributed by atoms with Gasteiger partial charge in [-0.3, -0.25) is 0 Å². The van der Waals surface area contributed by atoms with Crippen molar-refractivity contribution in [1.29, 1.82) is 0 Å². The normalized spacial score (nSPS) is 18.7. The number of nitrogens with zero attached hydrogens (tertiary/aromatic N) is 1. The van der Waals surface area contributed by atoms with Gasteiger partial charge in [-0.15, -0.1) is 6.58 Å². The number of aliphatic carboxylic acids is 1. The molecule has 2 amide bonds. The number of hydrogen-bond acceptors (Lipinski definition) is 3. The first-order chi connectivity index (χ1) is 8.66. The van der Waals surface area contributed by atoms with Gasteiger partial charge in [0.1, 0.15) is 6.04 Å². The van der Waals surface area contributed by atoms with Crippen LogP contribution in [0.5, 0.6) is 0 Å². The van der Waals surface area contributed by atoms with Gasteiger partial charge in [-0.1, -0.05) is 6.08 Å². The second kappa shape index (κ2) is 7.71. The smallest absolute Gasteiger partial charge is 0.326 e. The summed E-state index contributed by atoms with van der Waals surface area (Å²) in [5, 5.41) is 11.6. The fourth-order valence-corrected chi connectivity index (χ4v) is 1.87. The van der Waals surface area contributed by atoms with Gasteiger partial charge in [-0.05, 0) is 19.3 Å². The highest BCUT2D eigenvalue weighted by atomic mass is 16.5. The third-order valence-corrected chi connectivity index (χ3v) is 2.79. The summed E-state index contributed by atoms with van der Waals surface area (Å²) in [5.41, 5.74) is 0. The number of urea groups is 1. The van der Waals surface area contributed by atoms with E-state index in [1.807, 2.05) is 0 Å². The average molecular weight is 256 g/mol. The molecule has 0 aromatic rings. The van der Waals surface area contributed by atoms with Gasteiger partial charge in [0.15, 0.2) is 0 Å². The Morgan fingerprint density at radius 3 is 2.94 bits per heavy atom. The Morgan fingerprint density at radius 2 is 2.28 bits per heavy atom. The number of nitrogens with one attached hydrogen (secondary N) is 1. The molecule has 6 nitrogen and oxygen atoms in total. The lowest BCUT2D eigenvalue weighted by molar-refractivity contribution is -0.141. The molecule has 18 heavy (non-hydrogen) atoms. The SMILES string of the molecule is C=CCCOCCNC(=O)N1CCC[C@H]1C(=O)O. The molecule has 0 spiro atoms. The first kappa shape index (κ1) is 14.5. The van der Waals surface area contributed by atoms with Crippen molar-refractivity contribution in [3.8, 4) is 0 Å². The van der Waals surface area contributed by atoms with Gasteiger partial charge in [0.2, 0.25) is 0 Å². The predicted molar refractivity (Wildman–Crippen MR) is 66.4 cm³/mol. The van der Waals surface area contributed by atoms with Gasteiger partial charge >= 0.3 is 12.0 Å². The number of carbonyl (C=O) groups excluding carboxylic acids is 1. The molecule has 1 rings (SSSR count). The Kier molecular flexibility index (Phi) is 6.21. The van der Waals surface area contributed by atoms with Crippen LogP contribution in [0.1, 0.15) is 19.3 Å². The van der Waals surface area contributed by atoms with Crippen molar-refractivity contribution in [3.05, 3.63) is 12.7 Å². The van der Waals surface area contributed by atoms with Gasteiger partial charge in [0.05, 0.1) is 13.2 Å². The quantitative estimate of drug-likeness (QED) is 0.522. The number of ether oxygens (including phenoxy) is 1. The molecule has 0 aromatic heterocycles. The number of amides is 2. The molecule has 2 N–H and O–H groups in total. The monoisotopic (exact) mass is 256 g/mol. The van der Waals surface area contributed by atoms with Crippen molar-refractivity contribution in [2.45, 2.75) is 25.3 Å². The highest BCUT2D eigenvalue weighted by Crippen LogP contribution is 2.16. The minimum atomic E-state index is -0.940. The van der Waals surface area contributed by atoms with Crippen LogP contribution < -0.4 is 5.32 Å². The molecule has 1 fully saturated rings. The number of rotatable bonds is 7. The number of carbonyl (C=O) groups is 2. The Hall–Kier alpha value is -1.56. The molecule has 0 saturated carbocycles. The fraction of sp³-hybridized carbons (Fsp3) is 0.667. The minimum absolute atomic E-state index is 0.327. The maximum atomic E-state index is 11.7. The minimum Gasteiger partial charge on any atom is -0.480 e. The van der Waals surface area contributed by atoms with Crippen molar-refractivity contribution >= 4 is 12.0 Å². The molecule has 0 aromatic carbocycles. The lowest BCUT2D eigenvalue weighted by Gasteiger charge is -2.21. The van der Waals surface area contributed by atoms with Crippen LogP contribution in [0.15, 0.2) is 12.7 Å². The van der Waals surface area contributed by atoms with E-state index < -0.39 is 12.0 Å². The fourth-order valence-electron chi connectivity index (χ4n) is 1.87. The van der Waals surface area contributed by atoms with Gasteiger partial charge in [-0.2, -0.15) is 0 Å². The first-order valence-corrected chi connectivity index (χ1v) is 6.12. The van der Waals surface area contributed by atoms with Gasteiger partial charge in [-0.25, -0.2) is 9.59 Å².